The number of ether oxygens (including phenoxy) is 1. The number of methoxy groups -OCH3 is 1. The van der Waals surface area contributed by atoms with Crippen LogP contribution in [-0.4, -0.2) is 12.1 Å². The molecule has 1 aromatic heterocycles. The van der Waals surface area contributed by atoms with Crippen molar-refractivity contribution in [3.8, 4) is 0 Å². The van der Waals surface area contributed by atoms with E-state index in [9.17, 15) is 0 Å². The molecule has 2 nitrogen and oxygen atoms in total. The van der Waals surface area contributed by atoms with Gasteiger partial charge in [-0.25, -0.2) is 4.98 Å². The number of hydrogen-bond acceptors (Lipinski definition) is 3. The first-order chi connectivity index (χ1) is 3.93. The Hall–Kier alpha value is -0.410. The molecule has 3 heteroatoms. The van der Waals surface area contributed by atoms with Crippen LogP contribution in [0, 0.1) is 5.51 Å². The van der Waals surface area contributed by atoms with Crippen LogP contribution in [-0.2, 0) is 11.3 Å². The highest BCUT2D eigenvalue weighted by atomic mass is 32.1. The van der Waals surface area contributed by atoms with E-state index in [4.69, 9.17) is 4.74 Å². The van der Waals surface area contributed by atoms with Crippen molar-refractivity contribution in [2.75, 3.05) is 7.11 Å². The molecule has 0 bridgehead atoms. The minimum atomic E-state index is 0.597. The van der Waals surface area contributed by atoms with Crippen molar-refractivity contribution in [1.29, 1.82) is 0 Å². The lowest BCUT2D eigenvalue weighted by Gasteiger charge is -1.87. The van der Waals surface area contributed by atoms with Crippen LogP contribution in [0.3, 0.4) is 0 Å². The highest BCUT2D eigenvalue weighted by Crippen LogP contribution is 1.99. The van der Waals surface area contributed by atoms with Crippen molar-refractivity contribution in [2.24, 2.45) is 0 Å². The van der Waals surface area contributed by atoms with Crippen molar-refractivity contribution in [3.63, 3.8) is 0 Å². The predicted octanol–water partition coefficient (Wildman–Crippen LogP) is 1.09. The summed E-state index contributed by atoms with van der Waals surface area (Å²) in [4.78, 5) is 3.87. The number of hydrogen-bond donors (Lipinski definition) is 0. The Morgan fingerprint density at radius 2 is 2.88 bits per heavy atom. The Morgan fingerprint density at radius 3 is 3.38 bits per heavy atom. The van der Waals surface area contributed by atoms with E-state index in [0.717, 1.165) is 5.69 Å². The van der Waals surface area contributed by atoms with E-state index < -0.39 is 0 Å². The molecular formula is C5H6NOS. The van der Waals surface area contributed by atoms with Gasteiger partial charge in [0.05, 0.1) is 12.3 Å². The van der Waals surface area contributed by atoms with Crippen molar-refractivity contribution in [1.82, 2.24) is 4.98 Å². The van der Waals surface area contributed by atoms with E-state index in [1.54, 1.807) is 7.11 Å². The third-order valence-corrected chi connectivity index (χ3v) is 1.32. The monoisotopic (exact) mass is 128 g/mol. The van der Waals surface area contributed by atoms with Crippen LogP contribution in [0.5, 0.6) is 0 Å². The van der Waals surface area contributed by atoms with Crippen molar-refractivity contribution >= 4 is 11.3 Å². The Morgan fingerprint density at radius 1 is 2.00 bits per heavy atom. The third-order valence-electron chi connectivity index (χ3n) is 0.729. The summed E-state index contributed by atoms with van der Waals surface area (Å²) < 4.78 is 4.81. The lowest BCUT2D eigenvalue weighted by Crippen LogP contribution is -1.84. The van der Waals surface area contributed by atoms with Crippen molar-refractivity contribution < 1.29 is 4.74 Å². The van der Waals surface area contributed by atoms with E-state index in [0.29, 0.717) is 6.61 Å². The zero-order valence-corrected chi connectivity index (χ0v) is 5.36. The summed E-state index contributed by atoms with van der Waals surface area (Å²) >= 11 is 1.46. The largest absolute Gasteiger partial charge is 0.378 e. The van der Waals surface area contributed by atoms with Gasteiger partial charge in [0.25, 0.3) is 0 Å². The first-order valence-corrected chi connectivity index (χ1v) is 3.11. The lowest BCUT2D eigenvalue weighted by atomic mass is 10.5. The zero-order valence-electron chi connectivity index (χ0n) is 4.55. The van der Waals surface area contributed by atoms with Gasteiger partial charge in [0.2, 0.25) is 0 Å². The third kappa shape index (κ3) is 1.28. The zero-order chi connectivity index (χ0) is 5.82. The molecule has 1 heterocycles. The quantitative estimate of drug-likeness (QED) is 0.594. The Bertz CT molecular complexity index is 138. The summed E-state index contributed by atoms with van der Waals surface area (Å²) in [5, 5.41) is 1.92. The molecule has 0 aliphatic carbocycles. The molecule has 43 valence electrons. The molecular weight excluding hydrogens is 122 g/mol. The molecule has 1 radical (unpaired) electrons. The van der Waals surface area contributed by atoms with Gasteiger partial charge < -0.3 is 4.74 Å². The lowest BCUT2D eigenvalue weighted by molar-refractivity contribution is 0.182. The molecule has 0 aliphatic heterocycles. The van der Waals surface area contributed by atoms with Crippen LogP contribution in [0.25, 0.3) is 0 Å². The van der Waals surface area contributed by atoms with Gasteiger partial charge in [-0.2, -0.15) is 0 Å². The number of thiazole rings is 1. The summed E-state index contributed by atoms with van der Waals surface area (Å²) in [6.45, 7) is 0.597. The first-order valence-electron chi connectivity index (χ1n) is 2.23. The summed E-state index contributed by atoms with van der Waals surface area (Å²) in [5.74, 6) is 0. The van der Waals surface area contributed by atoms with E-state index in [1.165, 1.54) is 11.3 Å². The highest BCUT2D eigenvalue weighted by Gasteiger charge is 1.89. The van der Waals surface area contributed by atoms with Gasteiger partial charge in [-0.05, 0) is 0 Å². The van der Waals surface area contributed by atoms with Gasteiger partial charge in [0.1, 0.15) is 0 Å². The summed E-state index contributed by atoms with van der Waals surface area (Å²) in [5.41, 5.74) is 3.68. The van der Waals surface area contributed by atoms with Crippen LogP contribution in [0.15, 0.2) is 5.38 Å². The molecule has 0 N–H and O–H groups in total. The van der Waals surface area contributed by atoms with Gasteiger partial charge in [0, 0.05) is 12.5 Å². The minimum Gasteiger partial charge on any atom is -0.378 e. The van der Waals surface area contributed by atoms with Crippen LogP contribution in [0.2, 0.25) is 0 Å². The maximum atomic E-state index is 4.81. The summed E-state index contributed by atoms with van der Waals surface area (Å²) in [6, 6.07) is 0. The highest BCUT2D eigenvalue weighted by molar-refractivity contribution is 7.07. The fraction of sp³-hybridized carbons (Fsp3) is 0.400. The Labute approximate surface area is 52.1 Å². The van der Waals surface area contributed by atoms with E-state index in [1.807, 2.05) is 5.38 Å². The van der Waals surface area contributed by atoms with Crippen LogP contribution >= 0.6 is 11.3 Å². The smallest absolute Gasteiger partial charge is 0.152 e. The normalized spacial score (nSPS) is 9.62. The molecule has 1 rings (SSSR count). The molecule has 0 saturated carbocycles. The van der Waals surface area contributed by atoms with E-state index in [-0.39, 0.29) is 0 Å². The number of nitrogens with zero attached hydrogens (tertiary/aromatic N) is 1. The summed E-state index contributed by atoms with van der Waals surface area (Å²) in [6.07, 6.45) is 0. The Kier molecular flexibility index (Phi) is 2.00. The second-order valence-electron chi connectivity index (χ2n) is 1.36. The fourth-order valence-electron chi connectivity index (χ4n) is 0.420. The minimum absolute atomic E-state index is 0.597. The maximum absolute atomic E-state index is 4.81. The molecule has 0 fully saturated rings. The molecule has 0 aromatic carbocycles. The fourth-order valence-corrected chi connectivity index (χ4v) is 0.899. The molecule has 0 unspecified atom stereocenters. The predicted molar refractivity (Wildman–Crippen MR) is 31.7 cm³/mol. The second kappa shape index (κ2) is 2.79. The topological polar surface area (TPSA) is 22.1 Å². The summed E-state index contributed by atoms with van der Waals surface area (Å²) in [7, 11) is 1.65. The molecule has 0 aliphatic rings. The number of aromatic nitrogens is 1. The number of rotatable bonds is 2. The van der Waals surface area contributed by atoms with Crippen LogP contribution < -0.4 is 0 Å². The van der Waals surface area contributed by atoms with E-state index >= 15 is 0 Å². The SMILES string of the molecule is COCc1cs[c]n1. The van der Waals surface area contributed by atoms with Crippen molar-refractivity contribution in [3.05, 3.63) is 16.6 Å². The standard InChI is InChI=1S/C5H6NOS/c1-7-2-5-3-8-4-6-5/h3H,2H2,1H3. The molecule has 0 saturated heterocycles. The van der Waals surface area contributed by atoms with Gasteiger partial charge in [0.15, 0.2) is 5.51 Å². The van der Waals surface area contributed by atoms with Gasteiger partial charge in [-0.1, -0.05) is 0 Å². The van der Waals surface area contributed by atoms with Gasteiger partial charge >= 0.3 is 0 Å². The van der Waals surface area contributed by atoms with Gasteiger partial charge in [-0.3, -0.25) is 0 Å². The Balaban J connectivity index is 2.50. The maximum Gasteiger partial charge on any atom is 0.152 e. The van der Waals surface area contributed by atoms with Gasteiger partial charge in [-0.15, -0.1) is 11.3 Å². The van der Waals surface area contributed by atoms with Crippen LogP contribution in [0.4, 0.5) is 0 Å². The molecule has 1 aromatic rings. The van der Waals surface area contributed by atoms with Crippen LogP contribution in [0.1, 0.15) is 5.69 Å². The second-order valence-corrected chi connectivity index (χ2v) is 2.02. The first kappa shape index (κ1) is 5.72. The average Bonchev–Trinajstić information content (AvgIpc) is 2.19. The molecule has 8 heavy (non-hydrogen) atoms. The molecule has 0 spiro atoms. The van der Waals surface area contributed by atoms with E-state index in [2.05, 4.69) is 10.5 Å². The van der Waals surface area contributed by atoms with Crippen molar-refractivity contribution in [2.45, 2.75) is 6.61 Å². The molecule has 0 amide bonds. The molecule has 0 atom stereocenters. The average molecular weight is 128 g/mol.